The van der Waals surface area contributed by atoms with Crippen molar-refractivity contribution >= 4 is 21.9 Å². The number of aromatic carboxylic acids is 1. The van der Waals surface area contributed by atoms with Crippen molar-refractivity contribution < 1.29 is 35.9 Å². The van der Waals surface area contributed by atoms with Crippen molar-refractivity contribution in [3.05, 3.63) is 29.6 Å². The topological polar surface area (TPSA) is 95.5 Å². The smallest absolute Gasteiger partial charge is 0.402 e. The Kier molecular flexibility index (Phi) is 4.55. The molecule has 20 heavy (non-hydrogen) atoms. The van der Waals surface area contributed by atoms with E-state index in [0.717, 1.165) is 22.9 Å². The van der Waals surface area contributed by atoms with Crippen LogP contribution in [0.1, 0.15) is 10.4 Å². The molecule has 1 rings (SSSR count). The predicted molar refractivity (Wildman–Crippen MR) is 60.0 cm³/mol. The van der Waals surface area contributed by atoms with Gasteiger partial charge < -0.3 is 5.11 Å². The lowest BCUT2D eigenvalue weighted by Gasteiger charge is -2.13. The zero-order valence-corrected chi connectivity index (χ0v) is 10.3. The number of benzene rings is 1. The summed E-state index contributed by atoms with van der Waals surface area (Å²) in [6.07, 6.45) is -4.81. The monoisotopic (exact) mass is 316 g/mol. The van der Waals surface area contributed by atoms with Crippen LogP contribution < -0.4 is 9.44 Å². The van der Waals surface area contributed by atoms with Crippen molar-refractivity contribution in [2.24, 2.45) is 0 Å². The van der Waals surface area contributed by atoms with Crippen molar-refractivity contribution in [1.82, 2.24) is 4.72 Å². The molecule has 0 atom stereocenters. The van der Waals surface area contributed by atoms with E-state index in [4.69, 9.17) is 5.11 Å². The molecule has 0 aromatic heterocycles. The zero-order chi connectivity index (χ0) is 15.6. The molecule has 0 aliphatic rings. The lowest BCUT2D eigenvalue weighted by Crippen LogP contribution is -2.37. The summed E-state index contributed by atoms with van der Waals surface area (Å²) in [5.41, 5.74) is -1.68. The van der Waals surface area contributed by atoms with E-state index in [0.29, 0.717) is 0 Å². The number of carboxylic acid groups (broad SMARTS) is 1. The van der Waals surface area contributed by atoms with Gasteiger partial charge in [-0.15, -0.1) is 0 Å². The average Bonchev–Trinajstić information content (AvgIpc) is 2.28. The quantitative estimate of drug-likeness (QED) is 0.714. The third kappa shape index (κ3) is 4.66. The number of carbonyl (C=O) groups is 1. The van der Waals surface area contributed by atoms with Gasteiger partial charge in [0.2, 0.25) is 0 Å². The van der Waals surface area contributed by atoms with Gasteiger partial charge in [0.1, 0.15) is 12.4 Å². The Morgan fingerprint density at radius 2 is 1.90 bits per heavy atom. The summed E-state index contributed by atoms with van der Waals surface area (Å²) >= 11 is 0. The Hall–Kier alpha value is -1.88. The van der Waals surface area contributed by atoms with Gasteiger partial charge in [-0.2, -0.15) is 26.3 Å². The fourth-order valence-corrected chi connectivity index (χ4v) is 2.06. The number of hydrogen-bond donors (Lipinski definition) is 3. The highest BCUT2D eigenvalue weighted by Gasteiger charge is 2.30. The summed E-state index contributed by atoms with van der Waals surface area (Å²) in [6, 6.07) is 2.67. The van der Waals surface area contributed by atoms with Crippen LogP contribution in [0, 0.1) is 5.82 Å². The van der Waals surface area contributed by atoms with E-state index >= 15 is 0 Å². The third-order valence-electron chi connectivity index (χ3n) is 1.94. The summed E-state index contributed by atoms with van der Waals surface area (Å²) < 4.78 is 74.2. The maximum Gasteiger partial charge on any atom is 0.402 e. The first-order valence-electron chi connectivity index (χ1n) is 4.88. The van der Waals surface area contributed by atoms with Crippen molar-refractivity contribution in [2.75, 3.05) is 11.3 Å². The van der Waals surface area contributed by atoms with Gasteiger partial charge in [0.15, 0.2) is 0 Å². The van der Waals surface area contributed by atoms with Crippen molar-refractivity contribution in [2.45, 2.75) is 6.18 Å². The van der Waals surface area contributed by atoms with E-state index in [-0.39, 0.29) is 0 Å². The van der Waals surface area contributed by atoms with Crippen LogP contribution in [-0.4, -0.2) is 32.2 Å². The molecule has 0 aliphatic heterocycles. The molecule has 0 fully saturated rings. The van der Waals surface area contributed by atoms with Gasteiger partial charge in [-0.25, -0.2) is 9.18 Å². The van der Waals surface area contributed by atoms with Gasteiger partial charge in [0.05, 0.1) is 11.3 Å². The highest BCUT2D eigenvalue weighted by Crippen LogP contribution is 2.21. The number of alkyl halides is 3. The van der Waals surface area contributed by atoms with E-state index in [1.54, 1.807) is 0 Å². The first-order chi connectivity index (χ1) is 9.02. The van der Waals surface area contributed by atoms with Gasteiger partial charge in [-0.05, 0) is 12.1 Å². The Balaban J connectivity index is 3.01. The molecule has 0 unspecified atom stereocenters. The minimum absolute atomic E-state index is 0.734. The molecule has 0 aliphatic carbocycles. The molecule has 1 aromatic carbocycles. The van der Waals surface area contributed by atoms with Crippen LogP contribution in [0.2, 0.25) is 0 Å². The van der Waals surface area contributed by atoms with Crippen LogP contribution in [0.25, 0.3) is 0 Å². The molecule has 0 spiro atoms. The summed E-state index contributed by atoms with van der Waals surface area (Å²) in [5, 5.41) is 8.74. The molecule has 3 N–H and O–H groups in total. The minimum Gasteiger partial charge on any atom is -0.478 e. The Labute approximate surface area is 110 Å². The fourth-order valence-electron chi connectivity index (χ4n) is 1.15. The predicted octanol–water partition coefficient (Wildman–Crippen LogP) is 1.33. The number of rotatable bonds is 5. The number of para-hydroxylation sites is 1. The molecule has 112 valence electrons. The molecule has 0 bridgehead atoms. The fraction of sp³-hybridized carbons (Fsp3) is 0.222. The highest BCUT2D eigenvalue weighted by molar-refractivity contribution is 7.90. The molecule has 0 saturated carbocycles. The Bertz CT molecular complexity index is 615. The van der Waals surface area contributed by atoms with E-state index in [1.165, 1.54) is 4.72 Å². The maximum atomic E-state index is 13.4. The van der Waals surface area contributed by atoms with Crippen molar-refractivity contribution in [1.29, 1.82) is 0 Å². The van der Waals surface area contributed by atoms with Crippen LogP contribution in [0.15, 0.2) is 18.2 Å². The maximum absolute atomic E-state index is 13.4. The minimum atomic E-state index is -4.81. The number of nitrogens with one attached hydrogen (secondary N) is 2. The second-order valence-electron chi connectivity index (χ2n) is 3.51. The highest BCUT2D eigenvalue weighted by atomic mass is 32.2. The Morgan fingerprint density at radius 1 is 1.30 bits per heavy atom. The first-order valence-corrected chi connectivity index (χ1v) is 6.36. The van der Waals surface area contributed by atoms with Gasteiger partial charge in [-0.3, -0.25) is 4.72 Å². The molecule has 0 saturated heterocycles. The van der Waals surface area contributed by atoms with Crippen LogP contribution in [0.3, 0.4) is 0 Å². The number of hydrogen-bond acceptors (Lipinski definition) is 3. The van der Waals surface area contributed by atoms with E-state index in [1.807, 2.05) is 0 Å². The second kappa shape index (κ2) is 5.63. The van der Waals surface area contributed by atoms with Crippen molar-refractivity contribution in [3.63, 3.8) is 0 Å². The lowest BCUT2D eigenvalue weighted by molar-refractivity contribution is -0.121. The van der Waals surface area contributed by atoms with Crippen LogP contribution >= 0.6 is 0 Å². The average molecular weight is 316 g/mol. The van der Waals surface area contributed by atoms with Gasteiger partial charge in [0, 0.05) is 0 Å². The number of halogens is 4. The standard InChI is InChI=1S/C9H8F4N2O4S/c10-6-3-1-2-5(8(16)17)7(6)15-20(18,19)14-4-9(11,12)13/h1-3,14-15H,4H2,(H,16,17). The summed E-state index contributed by atoms with van der Waals surface area (Å²) in [4.78, 5) is 10.8. The largest absolute Gasteiger partial charge is 0.478 e. The van der Waals surface area contributed by atoms with Gasteiger partial charge in [-0.1, -0.05) is 6.07 Å². The van der Waals surface area contributed by atoms with Crippen LogP contribution in [0.5, 0.6) is 0 Å². The van der Waals surface area contributed by atoms with E-state index in [9.17, 15) is 30.8 Å². The first kappa shape index (κ1) is 16.2. The van der Waals surface area contributed by atoms with E-state index in [2.05, 4.69) is 0 Å². The van der Waals surface area contributed by atoms with Gasteiger partial charge >= 0.3 is 12.1 Å². The van der Waals surface area contributed by atoms with E-state index < -0.39 is 46.0 Å². The number of anilines is 1. The van der Waals surface area contributed by atoms with Crippen LogP contribution in [0.4, 0.5) is 23.2 Å². The molecule has 0 radical (unpaired) electrons. The van der Waals surface area contributed by atoms with Crippen LogP contribution in [-0.2, 0) is 10.2 Å². The van der Waals surface area contributed by atoms with Gasteiger partial charge in [0.25, 0.3) is 10.2 Å². The molecule has 6 nitrogen and oxygen atoms in total. The molecule has 0 amide bonds. The second-order valence-corrected chi connectivity index (χ2v) is 5.01. The lowest BCUT2D eigenvalue weighted by atomic mass is 10.2. The Morgan fingerprint density at radius 3 is 2.40 bits per heavy atom. The number of carboxylic acids is 1. The molecular formula is C9H8F4N2O4S. The molecule has 11 heteroatoms. The molecular weight excluding hydrogens is 308 g/mol. The zero-order valence-electron chi connectivity index (χ0n) is 9.53. The third-order valence-corrected chi connectivity index (χ3v) is 2.94. The summed E-state index contributed by atoms with van der Waals surface area (Å²) in [7, 11) is -4.77. The molecule has 0 heterocycles. The normalized spacial score (nSPS) is 12.2. The molecule has 1 aromatic rings. The summed E-state index contributed by atoms with van der Waals surface area (Å²) in [6.45, 7) is -1.88. The summed E-state index contributed by atoms with van der Waals surface area (Å²) in [5.74, 6) is -2.87. The van der Waals surface area contributed by atoms with Crippen molar-refractivity contribution in [3.8, 4) is 0 Å². The SMILES string of the molecule is O=C(O)c1cccc(F)c1NS(=O)(=O)NCC(F)(F)F.